The van der Waals surface area contributed by atoms with Gasteiger partial charge in [0.05, 0.1) is 20.3 Å². The molecule has 1 aliphatic rings. The number of benzene rings is 2. The number of carbonyl (C=O) groups is 1. The van der Waals surface area contributed by atoms with Crippen LogP contribution in [0.25, 0.3) is 11.0 Å². The van der Waals surface area contributed by atoms with Gasteiger partial charge in [0.1, 0.15) is 17.9 Å². The van der Waals surface area contributed by atoms with Crippen LogP contribution >= 0.6 is 0 Å². The fourth-order valence-electron chi connectivity index (χ4n) is 4.91. The third-order valence-electron chi connectivity index (χ3n) is 6.95. The number of ether oxygens (including phenoxy) is 3. The highest BCUT2D eigenvalue weighted by atomic mass is 16.5. The first-order valence-corrected chi connectivity index (χ1v) is 12.1. The van der Waals surface area contributed by atoms with Crippen LogP contribution in [-0.2, 0) is 11.2 Å². The summed E-state index contributed by atoms with van der Waals surface area (Å²) in [6, 6.07) is 10.6. The minimum Gasteiger partial charge on any atom is -0.493 e. The molecule has 0 aliphatic carbocycles. The van der Waals surface area contributed by atoms with E-state index >= 15 is 0 Å². The first kappa shape index (κ1) is 24.6. The molecule has 1 aliphatic heterocycles. The smallest absolute Gasteiger partial charge is 0.336 e. The van der Waals surface area contributed by atoms with Gasteiger partial charge < -0.3 is 23.5 Å². The molecule has 0 fully saturated rings. The van der Waals surface area contributed by atoms with E-state index in [0.29, 0.717) is 29.4 Å². The second-order valence-corrected chi connectivity index (χ2v) is 8.93. The van der Waals surface area contributed by atoms with Gasteiger partial charge in [0.2, 0.25) is 5.91 Å². The van der Waals surface area contributed by atoms with Gasteiger partial charge in [-0.15, -0.1) is 0 Å². The van der Waals surface area contributed by atoms with Crippen molar-refractivity contribution in [3.63, 3.8) is 0 Å². The van der Waals surface area contributed by atoms with Crippen LogP contribution in [0.4, 0.5) is 0 Å². The maximum atomic E-state index is 13.5. The Hall–Kier alpha value is -3.48. The molecule has 2 aromatic carbocycles. The molecule has 0 saturated carbocycles. The van der Waals surface area contributed by atoms with E-state index in [2.05, 4.69) is 0 Å². The van der Waals surface area contributed by atoms with Crippen LogP contribution in [0.3, 0.4) is 0 Å². The minimum absolute atomic E-state index is 0.0305. The number of amides is 1. The maximum absolute atomic E-state index is 13.5. The van der Waals surface area contributed by atoms with Gasteiger partial charge in [-0.25, -0.2) is 4.79 Å². The van der Waals surface area contributed by atoms with Crippen molar-refractivity contribution in [2.75, 3.05) is 27.4 Å². The summed E-state index contributed by atoms with van der Waals surface area (Å²) in [6.07, 6.45) is 2.32. The van der Waals surface area contributed by atoms with E-state index in [0.717, 1.165) is 41.3 Å². The van der Waals surface area contributed by atoms with Gasteiger partial charge in [-0.2, -0.15) is 0 Å². The first-order chi connectivity index (χ1) is 16.9. The van der Waals surface area contributed by atoms with Crippen molar-refractivity contribution in [3.05, 3.63) is 63.5 Å². The van der Waals surface area contributed by atoms with Crippen LogP contribution in [0.2, 0.25) is 0 Å². The molecular weight excluding hydrogens is 446 g/mol. The van der Waals surface area contributed by atoms with E-state index < -0.39 is 5.63 Å². The second-order valence-electron chi connectivity index (χ2n) is 8.93. The third-order valence-corrected chi connectivity index (χ3v) is 6.95. The second kappa shape index (κ2) is 10.4. The lowest BCUT2D eigenvalue weighted by Crippen LogP contribution is -2.45. The first-order valence-electron chi connectivity index (χ1n) is 12.1. The average Bonchev–Trinajstić information content (AvgIpc) is 2.86. The standard InChI is InChI=1S/C28H33NO6/c1-6-18(7-2)28(31)29-11-10-19-13-25(32-4)26(33-5)15-22(19)23(29)16-34-20-8-9-21-17(3)12-27(30)35-24(21)14-20/h8-9,12-15,18,23H,6-7,10-11,16H2,1-5H3. The number of methoxy groups -OCH3 is 2. The maximum Gasteiger partial charge on any atom is 0.336 e. The van der Waals surface area contributed by atoms with Gasteiger partial charge >= 0.3 is 5.63 Å². The van der Waals surface area contributed by atoms with Crippen LogP contribution in [0, 0.1) is 12.8 Å². The van der Waals surface area contributed by atoms with Crippen molar-refractivity contribution in [1.29, 1.82) is 0 Å². The van der Waals surface area contributed by atoms with Crippen LogP contribution in [0.5, 0.6) is 17.2 Å². The number of nitrogens with zero attached hydrogens (tertiary/aromatic N) is 1. The molecule has 186 valence electrons. The fraction of sp³-hybridized carbons (Fsp3) is 0.429. The summed E-state index contributed by atoms with van der Waals surface area (Å²) in [7, 11) is 3.23. The van der Waals surface area contributed by atoms with Gasteiger partial charge in [0.15, 0.2) is 11.5 Å². The Morgan fingerprint density at radius 3 is 2.49 bits per heavy atom. The average molecular weight is 480 g/mol. The lowest BCUT2D eigenvalue weighted by Gasteiger charge is -2.39. The van der Waals surface area contributed by atoms with Crippen molar-refractivity contribution in [2.24, 2.45) is 5.92 Å². The molecule has 0 bridgehead atoms. The Kier molecular flexibility index (Phi) is 7.34. The van der Waals surface area contributed by atoms with E-state index in [1.54, 1.807) is 20.3 Å². The van der Waals surface area contributed by atoms with Crippen LogP contribution in [0.15, 0.2) is 45.6 Å². The largest absolute Gasteiger partial charge is 0.493 e. The Morgan fingerprint density at radius 2 is 1.80 bits per heavy atom. The minimum atomic E-state index is -0.392. The number of fused-ring (bicyclic) bond motifs is 2. The molecule has 35 heavy (non-hydrogen) atoms. The van der Waals surface area contributed by atoms with Crippen LogP contribution in [0.1, 0.15) is 49.4 Å². The zero-order valence-corrected chi connectivity index (χ0v) is 21.1. The molecule has 7 nitrogen and oxygen atoms in total. The SMILES string of the molecule is CCC(CC)C(=O)N1CCc2cc(OC)c(OC)cc2C1COc1ccc2c(C)cc(=O)oc2c1. The van der Waals surface area contributed by atoms with Crippen molar-refractivity contribution in [1.82, 2.24) is 4.90 Å². The molecule has 4 rings (SSSR count). The summed E-state index contributed by atoms with van der Waals surface area (Å²) in [5.41, 5.74) is 3.05. The predicted molar refractivity (Wildman–Crippen MR) is 134 cm³/mol. The molecule has 0 N–H and O–H groups in total. The molecule has 7 heteroatoms. The molecular formula is C28H33NO6. The summed E-state index contributed by atoms with van der Waals surface area (Å²) in [5.74, 6) is 1.98. The van der Waals surface area contributed by atoms with Crippen molar-refractivity contribution in [3.8, 4) is 17.2 Å². The van der Waals surface area contributed by atoms with Crippen LogP contribution in [-0.4, -0.2) is 38.2 Å². The molecule has 1 aromatic heterocycles. The molecule has 2 heterocycles. The van der Waals surface area contributed by atoms with Gasteiger partial charge in [0.25, 0.3) is 0 Å². The zero-order valence-electron chi connectivity index (χ0n) is 21.1. The Morgan fingerprint density at radius 1 is 1.09 bits per heavy atom. The molecule has 0 radical (unpaired) electrons. The molecule has 1 atom stereocenters. The van der Waals surface area contributed by atoms with Gasteiger partial charge in [0, 0.05) is 30.0 Å². The van der Waals surface area contributed by atoms with E-state index in [1.165, 1.54) is 6.07 Å². The summed E-state index contributed by atoms with van der Waals surface area (Å²) in [5, 5.41) is 0.863. The Bertz CT molecular complexity index is 1280. The Balaban J connectivity index is 1.70. The molecule has 0 saturated heterocycles. The van der Waals surface area contributed by atoms with Gasteiger partial charge in [-0.05, 0) is 67.1 Å². The number of hydrogen-bond donors (Lipinski definition) is 0. The molecule has 0 spiro atoms. The quantitative estimate of drug-likeness (QED) is 0.420. The summed E-state index contributed by atoms with van der Waals surface area (Å²) in [4.78, 5) is 27.3. The summed E-state index contributed by atoms with van der Waals surface area (Å²) < 4.78 is 22.7. The predicted octanol–water partition coefficient (Wildman–Crippen LogP) is 5.06. The lowest BCUT2D eigenvalue weighted by atomic mass is 9.90. The van der Waals surface area contributed by atoms with E-state index in [9.17, 15) is 9.59 Å². The van der Waals surface area contributed by atoms with E-state index in [4.69, 9.17) is 18.6 Å². The number of carbonyl (C=O) groups excluding carboxylic acids is 1. The van der Waals surface area contributed by atoms with Gasteiger partial charge in [-0.3, -0.25) is 4.79 Å². The fourth-order valence-corrected chi connectivity index (χ4v) is 4.91. The number of hydrogen-bond acceptors (Lipinski definition) is 6. The lowest BCUT2D eigenvalue weighted by molar-refractivity contribution is -0.139. The van der Waals surface area contributed by atoms with Crippen LogP contribution < -0.4 is 19.8 Å². The summed E-state index contributed by atoms with van der Waals surface area (Å²) in [6.45, 7) is 6.84. The number of rotatable bonds is 8. The van der Waals surface area contributed by atoms with Crippen molar-refractivity contribution >= 4 is 16.9 Å². The third kappa shape index (κ3) is 4.85. The molecule has 3 aromatic rings. The highest BCUT2D eigenvalue weighted by molar-refractivity contribution is 5.81. The molecule has 1 unspecified atom stereocenters. The van der Waals surface area contributed by atoms with Crippen molar-refractivity contribution < 1.29 is 23.4 Å². The normalized spacial score (nSPS) is 15.3. The van der Waals surface area contributed by atoms with E-state index in [1.807, 2.05) is 49.9 Å². The van der Waals surface area contributed by atoms with Crippen molar-refractivity contribution in [2.45, 2.75) is 46.1 Å². The number of aryl methyl sites for hydroxylation is 1. The molecule has 1 amide bonds. The Labute approximate surface area is 205 Å². The van der Waals surface area contributed by atoms with Gasteiger partial charge in [-0.1, -0.05) is 13.8 Å². The topological polar surface area (TPSA) is 78.2 Å². The monoisotopic (exact) mass is 479 g/mol. The highest BCUT2D eigenvalue weighted by Gasteiger charge is 2.35. The summed E-state index contributed by atoms with van der Waals surface area (Å²) >= 11 is 0. The zero-order chi connectivity index (χ0) is 25.1. The highest BCUT2D eigenvalue weighted by Crippen LogP contribution is 2.39. The van der Waals surface area contributed by atoms with E-state index in [-0.39, 0.29) is 24.5 Å².